The number of rotatable bonds is 3. The zero-order valence-electron chi connectivity index (χ0n) is 11.7. The molecule has 6 heteroatoms. The molecule has 2 rings (SSSR count). The number of carbonyl (C=O) groups is 2. The van der Waals surface area contributed by atoms with Crippen LogP contribution < -0.4 is 5.32 Å². The second kappa shape index (κ2) is 6.92. The van der Waals surface area contributed by atoms with Crippen molar-refractivity contribution < 1.29 is 18.7 Å². The molecule has 20 heavy (non-hydrogen) atoms. The van der Waals surface area contributed by atoms with Gasteiger partial charge in [-0.2, -0.15) is 0 Å². The normalized spacial score (nSPS) is 34.3. The van der Waals surface area contributed by atoms with E-state index >= 15 is 0 Å². The van der Waals surface area contributed by atoms with Gasteiger partial charge in [-0.1, -0.05) is 0 Å². The second-order valence-corrected chi connectivity index (χ2v) is 5.55. The maximum absolute atomic E-state index is 13.0. The topological polar surface area (TPSA) is 67.8 Å². The molecule has 2 atom stereocenters. The first kappa shape index (κ1) is 15.1. The van der Waals surface area contributed by atoms with E-state index in [0.29, 0.717) is 0 Å². The molecule has 0 radical (unpaired) electrons. The fourth-order valence-electron chi connectivity index (χ4n) is 2.82. The second-order valence-electron chi connectivity index (χ2n) is 5.55. The molecule has 0 aromatic heterocycles. The third kappa shape index (κ3) is 3.85. The Labute approximate surface area is 118 Å². The summed E-state index contributed by atoms with van der Waals surface area (Å²) < 4.78 is 17.7. The van der Waals surface area contributed by atoms with Gasteiger partial charge >= 0.3 is 5.97 Å². The number of ether oxygens (including phenoxy) is 1. The summed E-state index contributed by atoms with van der Waals surface area (Å²) in [7, 11) is 1.40. The van der Waals surface area contributed by atoms with Crippen LogP contribution in [0.5, 0.6) is 0 Å². The fourth-order valence-corrected chi connectivity index (χ4v) is 2.82. The van der Waals surface area contributed by atoms with Gasteiger partial charge in [0, 0.05) is 19.2 Å². The Morgan fingerprint density at radius 1 is 1.30 bits per heavy atom. The highest BCUT2D eigenvalue weighted by Crippen LogP contribution is 2.28. The Morgan fingerprint density at radius 2 is 2.00 bits per heavy atom. The van der Waals surface area contributed by atoms with E-state index < -0.39 is 12.2 Å². The van der Waals surface area contributed by atoms with Crippen LogP contribution in [-0.2, 0) is 14.3 Å². The number of esters is 1. The Kier molecular flexibility index (Phi) is 5.23. The van der Waals surface area contributed by atoms with Gasteiger partial charge in [0.15, 0.2) is 0 Å². The van der Waals surface area contributed by atoms with Crippen molar-refractivity contribution in [2.24, 2.45) is 16.8 Å². The van der Waals surface area contributed by atoms with E-state index in [2.05, 4.69) is 10.3 Å². The molecule has 112 valence electrons. The van der Waals surface area contributed by atoms with Gasteiger partial charge in [-0.15, -0.1) is 0 Å². The molecule has 1 saturated heterocycles. The van der Waals surface area contributed by atoms with Crippen molar-refractivity contribution in [3.63, 3.8) is 0 Å². The number of alkyl halides is 1. The third-order valence-corrected chi connectivity index (χ3v) is 4.09. The van der Waals surface area contributed by atoms with Gasteiger partial charge in [-0.05, 0) is 31.6 Å². The summed E-state index contributed by atoms with van der Waals surface area (Å²) in [6.07, 6.45) is 4.14. The maximum atomic E-state index is 13.0. The van der Waals surface area contributed by atoms with Crippen LogP contribution in [0.15, 0.2) is 4.99 Å². The zero-order chi connectivity index (χ0) is 14.5. The van der Waals surface area contributed by atoms with Crippen molar-refractivity contribution in [2.45, 2.75) is 44.3 Å². The van der Waals surface area contributed by atoms with Crippen molar-refractivity contribution in [3.05, 3.63) is 0 Å². The lowest BCUT2D eigenvalue weighted by atomic mass is 9.82. The summed E-state index contributed by atoms with van der Waals surface area (Å²) in [5.41, 5.74) is 0. The van der Waals surface area contributed by atoms with E-state index in [1.807, 2.05) is 0 Å². The quantitative estimate of drug-likeness (QED) is 0.626. The van der Waals surface area contributed by atoms with Crippen molar-refractivity contribution in [1.29, 1.82) is 0 Å². The summed E-state index contributed by atoms with van der Waals surface area (Å²) in [5, 5.41) is 2.82. The number of amides is 1. The van der Waals surface area contributed by atoms with Crippen LogP contribution in [0.1, 0.15) is 32.1 Å². The lowest BCUT2D eigenvalue weighted by Gasteiger charge is -2.24. The number of methoxy groups -OCH3 is 1. The van der Waals surface area contributed by atoms with E-state index in [-0.39, 0.29) is 36.7 Å². The highest BCUT2D eigenvalue weighted by molar-refractivity contribution is 5.89. The highest BCUT2D eigenvalue weighted by Gasteiger charge is 2.29. The molecular formula is C14H21FN2O3. The number of nitrogens with one attached hydrogen (secondary N) is 1. The van der Waals surface area contributed by atoms with Gasteiger partial charge in [0.25, 0.3) is 5.91 Å². The van der Waals surface area contributed by atoms with Crippen LogP contribution in [0.3, 0.4) is 0 Å². The predicted octanol–water partition coefficient (Wildman–Crippen LogP) is 1.26. The molecule has 1 heterocycles. The molecule has 1 aliphatic heterocycles. The lowest BCUT2D eigenvalue weighted by Crippen LogP contribution is -2.30. The smallest absolute Gasteiger partial charge is 0.308 e. The summed E-state index contributed by atoms with van der Waals surface area (Å²) in [5.74, 6) is -0.243. The van der Waals surface area contributed by atoms with Gasteiger partial charge in [0.05, 0.1) is 19.1 Å². The first-order valence-corrected chi connectivity index (χ1v) is 7.13. The molecule has 0 bridgehead atoms. The summed E-state index contributed by atoms with van der Waals surface area (Å²) in [6.45, 7) is 0.232. The monoisotopic (exact) mass is 284 g/mol. The number of hydrogen-bond acceptors (Lipinski definition) is 4. The first-order valence-electron chi connectivity index (χ1n) is 7.13. The Bertz CT molecular complexity index is 392. The average molecular weight is 284 g/mol. The van der Waals surface area contributed by atoms with Gasteiger partial charge in [-0.3, -0.25) is 9.59 Å². The number of hydrogen-bond donors (Lipinski definition) is 1. The average Bonchev–Trinajstić information content (AvgIpc) is 2.91. The third-order valence-electron chi connectivity index (χ3n) is 4.09. The van der Waals surface area contributed by atoms with Crippen LogP contribution in [0.2, 0.25) is 0 Å². The summed E-state index contributed by atoms with van der Waals surface area (Å²) in [4.78, 5) is 27.1. The predicted molar refractivity (Wildman–Crippen MR) is 72.3 cm³/mol. The van der Waals surface area contributed by atoms with E-state index in [9.17, 15) is 14.0 Å². The zero-order valence-corrected chi connectivity index (χ0v) is 11.7. The molecule has 1 N–H and O–H groups in total. The van der Waals surface area contributed by atoms with Crippen molar-refractivity contribution in [2.75, 3.05) is 13.7 Å². The lowest BCUT2D eigenvalue weighted by molar-refractivity contribution is -0.146. The van der Waals surface area contributed by atoms with Crippen molar-refractivity contribution in [3.8, 4) is 0 Å². The molecule has 0 aromatic rings. The van der Waals surface area contributed by atoms with E-state index in [1.165, 1.54) is 7.11 Å². The van der Waals surface area contributed by atoms with Gasteiger partial charge in [-0.25, -0.2) is 9.38 Å². The van der Waals surface area contributed by atoms with Crippen LogP contribution in [0.4, 0.5) is 4.39 Å². The van der Waals surface area contributed by atoms with Gasteiger partial charge in [0.2, 0.25) is 0 Å². The summed E-state index contributed by atoms with van der Waals surface area (Å²) in [6, 6.07) is -0.479. The molecular weight excluding hydrogens is 263 g/mol. The van der Waals surface area contributed by atoms with E-state index in [1.54, 1.807) is 6.21 Å². The molecule has 0 aromatic carbocycles. The van der Waals surface area contributed by atoms with Crippen LogP contribution in [0, 0.1) is 11.8 Å². The number of nitrogens with zero attached hydrogens (tertiary/aromatic N) is 1. The fraction of sp³-hybridized carbons (Fsp3) is 0.786. The largest absolute Gasteiger partial charge is 0.469 e. The molecule has 1 aliphatic carbocycles. The Hall–Kier alpha value is -1.30. The van der Waals surface area contributed by atoms with Gasteiger partial charge < -0.3 is 10.1 Å². The molecule has 0 spiro atoms. The minimum Gasteiger partial charge on any atom is -0.469 e. The Morgan fingerprint density at radius 3 is 2.55 bits per heavy atom. The van der Waals surface area contributed by atoms with E-state index in [4.69, 9.17) is 4.74 Å². The molecule has 2 aliphatic rings. The minimum absolute atomic E-state index is 0.0239. The highest BCUT2D eigenvalue weighted by atomic mass is 19.1. The minimum atomic E-state index is -0.949. The van der Waals surface area contributed by atoms with Crippen LogP contribution in [0.25, 0.3) is 0 Å². The standard InChI is InChI=1S/C14H21FN2O3/c1-20-14(19)10-4-2-9(3-5-10)7-17-13(18)12-6-11(15)8-16-12/h7,9-12,16H,2-6,8H2,1H3/t9?,10?,11-,12-/m0/s1. The number of halogens is 1. The first-order chi connectivity index (χ1) is 9.60. The number of carbonyl (C=O) groups excluding carboxylic acids is 2. The van der Waals surface area contributed by atoms with Crippen LogP contribution >= 0.6 is 0 Å². The van der Waals surface area contributed by atoms with E-state index in [0.717, 1.165) is 25.7 Å². The maximum Gasteiger partial charge on any atom is 0.308 e. The van der Waals surface area contributed by atoms with Crippen molar-refractivity contribution >= 4 is 18.1 Å². The molecule has 0 unspecified atom stereocenters. The van der Waals surface area contributed by atoms with Crippen LogP contribution in [-0.4, -0.2) is 44.0 Å². The molecule has 2 fully saturated rings. The van der Waals surface area contributed by atoms with Crippen molar-refractivity contribution in [1.82, 2.24) is 5.32 Å². The molecule has 1 saturated carbocycles. The van der Waals surface area contributed by atoms with Gasteiger partial charge in [0.1, 0.15) is 6.17 Å². The molecule has 5 nitrogen and oxygen atoms in total. The number of aliphatic imine (C=N–C) groups is 1. The molecule has 1 amide bonds. The Balaban J connectivity index is 1.76. The summed E-state index contributed by atoms with van der Waals surface area (Å²) >= 11 is 0. The SMILES string of the molecule is COC(=O)C1CCC(C=NC(=O)[C@@H]2C[C@H](F)CN2)CC1.